The summed E-state index contributed by atoms with van der Waals surface area (Å²) in [5, 5.41) is 0.0578. The summed E-state index contributed by atoms with van der Waals surface area (Å²) in [6.07, 6.45) is 0. The summed E-state index contributed by atoms with van der Waals surface area (Å²) in [4.78, 5) is 2.35. The smallest absolute Gasteiger partial charge is 0.0696 e. The summed E-state index contributed by atoms with van der Waals surface area (Å²) >= 11 is 6.34. The van der Waals surface area contributed by atoms with Crippen molar-refractivity contribution in [2.24, 2.45) is 5.92 Å². The Balaban J connectivity index is 2.31. The van der Waals surface area contributed by atoms with Crippen LogP contribution in [0.15, 0.2) is 30.3 Å². The van der Waals surface area contributed by atoms with Gasteiger partial charge in [0.1, 0.15) is 0 Å². The van der Waals surface area contributed by atoms with Crippen molar-refractivity contribution in [1.82, 2.24) is 4.90 Å². The third kappa shape index (κ3) is 7.56. The zero-order valence-electron chi connectivity index (χ0n) is 12.3. The first kappa shape index (κ1) is 16.5. The Labute approximate surface area is 122 Å². The lowest BCUT2D eigenvalue weighted by Crippen LogP contribution is -2.32. The fraction of sp³-hybridized carbons (Fsp3) is 0.625. The van der Waals surface area contributed by atoms with Crippen LogP contribution in [0.4, 0.5) is 0 Å². The number of ether oxygens (including phenoxy) is 1. The minimum atomic E-state index is 0.0578. The zero-order valence-corrected chi connectivity index (χ0v) is 13.1. The molecule has 108 valence electrons. The maximum atomic E-state index is 6.34. The van der Waals surface area contributed by atoms with Gasteiger partial charge in [0.2, 0.25) is 0 Å². The van der Waals surface area contributed by atoms with Crippen molar-refractivity contribution in [2.45, 2.75) is 32.7 Å². The molecule has 1 atom stereocenters. The molecule has 1 unspecified atom stereocenters. The van der Waals surface area contributed by atoms with Crippen LogP contribution in [0.2, 0.25) is 0 Å². The molecule has 0 aliphatic rings. The van der Waals surface area contributed by atoms with Crippen LogP contribution in [0.3, 0.4) is 0 Å². The van der Waals surface area contributed by atoms with Gasteiger partial charge in [-0.25, -0.2) is 0 Å². The van der Waals surface area contributed by atoms with E-state index in [0.29, 0.717) is 12.5 Å². The van der Waals surface area contributed by atoms with Crippen LogP contribution in [-0.2, 0) is 11.3 Å². The Morgan fingerprint density at radius 1 is 1.16 bits per heavy atom. The van der Waals surface area contributed by atoms with E-state index >= 15 is 0 Å². The summed E-state index contributed by atoms with van der Waals surface area (Å²) in [5.41, 5.74) is 1.33. The molecule has 0 aliphatic heterocycles. The van der Waals surface area contributed by atoms with Crippen molar-refractivity contribution in [3.63, 3.8) is 0 Å². The lowest BCUT2D eigenvalue weighted by Gasteiger charge is -2.23. The van der Waals surface area contributed by atoms with Gasteiger partial charge in [-0.15, -0.1) is 11.6 Å². The average molecular weight is 284 g/mol. The molecule has 0 spiro atoms. The largest absolute Gasteiger partial charge is 0.380 e. The fourth-order valence-corrected chi connectivity index (χ4v) is 2.20. The van der Waals surface area contributed by atoms with E-state index in [9.17, 15) is 0 Å². The summed E-state index contributed by atoms with van der Waals surface area (Å²) in [6, 6.07) is 10.5. The van der Waals surface area contributed by atoms with E-state index in [1.165, 1.54) is 5.56 Å². The molecule has 3 heteroatoms. The lowest BCUT2D eigenvalue weighted by atomic mass is 10.2. The van der Waals surface area contributed by atoms with Crippen molar-refractivity contribution in [2.75, 3.05) is 26.3 Å². The molecule has 0 heterocycles. The van der Waals surface area contributed by atoms with Crippen LogP contribution >= 0.6 is 11.6 Å². The van der Waals surface area contributed by atoms with Crippen LogP contribution in [0.1, 0.15) is 26.3 Å². The minimum absolute atomic E-state index is 0.0578. The molecule has 0 bridgehead atoms. The van der Waals surface area contributed by atoms with E-state index in [-0.39, 0.29) is 5.38 Å². The van der Waals surface area contributed by atoms with Gasteiger partial charge in [0.05, 0.1) is 12.0 Å². The number of hydrogen-bond acceptors (Lipinski definition) is 2. The maximum absolute atomic E-state index is 6.34. The Morgan fingerprint density at radius 2 is 1.84 bits per heavy atom. The molecule has 0 aliphatic carbocycles. The first-order valence-corrected chi connectivity index (χ1v) is 7.53. The fourth-order valence-electron chi connectivity index (χ4n) is 1.91. The predicted molar refractivity (Wildman–Crippen MR) is 82.7 cm³/mol. The van der Waals surface area contributed by atoms with Crippen molar-refractivity contribution in [3.05, 3.63) is 35.9 Å². The number of nitrogens with zero attached hydrogens (tertiary/aromatic N) is 1. The SMILES string of the molecule is CCN(Cc1ccccc1)CC(Cl)COCC(C)C. The van der Waals surface area contributed by atoms with Crippen LogP contribution in [0.5, 0.6) is 0 Å². The number of alkyl halides is 1. The summed E-state index contributed by atoms with van der Waals surface area (Å²) in [7, 11) is 0. The van der Waals surface area contributed by atoms with Crippen molar-refractivity contribution in [1.29, 1.82) is 0 Å². The van der Waals surface area contributed by atoms with Crippen LogP contribution in [0, 0.1) is 5.92 Å². The predicted octanol–water partition coefficient (Wildman–Crippen LogP) is 3.79. The Morgan fingerprint density at radius 3 is 2.42 bits per heavy atom. The second-order valence-electron chi connectivity index (χ2n) is 5.34. The number of halogens is 1. The van der Waals surface area contributed by atoms with Gasteiger partial charge in [-0.2, -0.15) is 0 Å². The van der Waals surface area contributed by atoms with E-state index in [4.69, 9.17) is 16.3 Å². The maximum Gasteiger partial charge on any atom is 0.0696 e. The van der Waals surface area contributed by atoms with E-state index in [0.717, 1.165) is 26.2 Å². The van der Waals surface area contributed by atoms with Gasteiger partial charge in [0.25, 0.3) is 0 Å². The minimum Gasteiger partial charge on any atom is -0.380 e. The van der Waals surface area contributed by atoms with Crippen LogP contribution < -0.4 is 0 Å². The highest BCUT2D eigenvalue weighted by Gasteiger charge is 2.11. The van der Waals surface area contributed by atoms with Gasteiger partial charge >= 0.3 is 0 Å². The number of hydrogen-bond donors (Lipinski definition) is 0. The average Bonchev–Trinajstić information content (AvgIpc) is 2.38. The van der Waals surface area contributed by atoms with E-state index in [2.05, 4.69) is 49.9 Å². The van der Waals surface area contributed by atoms with Gasteiger partial charge < -0.3 is 4.74 Å². The molecule has 1 aromatic rings. The molecular formula is C16H26ClNO. The molecule has 0 N–H and O–H groups in total. The normalized spacial score (nSPS) is 13.2. The number of benzene rings is 1. The van der Waals surface area contributed by atoms with Crippen LogP contribution in [-0.4, -0.2) is 36.6 Å². The van der Waals surface area contributed by atoms with Gasteiger partial charge in [0.15, 0.2) is 0 Å². The second kappa shape index (κ2) is 9.35. The van der Waals surface area contributed by atoms with Gasteiger partial charge in [-0.05, 0) is 18.0 Å². The number of rotatable bonds is 9. The van der Waals surface area contributed by atoms with E-state index < -0.39 is 0 Å². The van der Waals surface area contributed by atoms with E-state index in [1.807, 2.05) is 6.07 Å². The molecule has 0 saturated carbocycles. The third-order valence-corrected chi connectivity index (χ3v) is 3.17. The standard InChI is InChI=1S/C16H26ClNO/c1-4-18(10-15-8-6-5-7-9-15)11-16(17)13-19-12-14(2)3/h5-9,14,16H,4,10-13H2,1-3H3. The van der Waals surface area contributed by atoms with E-state index in [1.54, 1.807) is 0 Å². The summed E-state index contributed by atoms with van der Waals surface area (Å²) in [5.74, 6) is 0.565. The Kier molecular flexibility index (Phi) is 8.11. The van der Waals surface area contributed by atoms with Crippen molar-refractivity contribution < 1.29 is 4.74 Å². The molecule has 1 aromatic carbocycles. The van der Waals surface area contributed by atoms with Crippen molar-refractivity contribution in [3.8, 4) is 0 Å². The van der Waals surface area contributed by atoms with Crippen LogP contribution in [0.25, 0.3) is 0 Å². The highest BCUT2D eigenvalue weighted by Crippen LogP contribution is 2.08. The summed E-state index contributed by atoms with van der Waals surface area (Å²) in [6.45, 7) is 10.7. The quantitative estimate of drug-likeness (QED) is 0.640. The zero-order chi connectivity index (χ0) is 14.1. The second-order valence-corrected chi connectivity index (χ2v) is 5.96. The molecule has 0 aromatic heterocycles. The Bertz CT molecular complexity index is 329. The van der Waals surface area contributed by atoms with Gasteiger partial charge in [-0.1, -0.05) is 51.1 Å². The molecule has 0 fully saturated rings. The highest BCUT2D eigenvalue weighted by atomic mass is 35.5. The lowest BCUT2D eigenvalue weighted by molar-refractivity contribution is 0.101. The Hall–Kier alpha value is -0.570. The molecule has 0 amide bonds. The topological polar surface area (TPSA) is 12.5 Å². The third-order valence-electron chi connectivity index (χ3n) is 2.90. The molecule has 0 saturated heterocycles. The first-order chi connectivity index (χ1) is 9.11. The molecular weight excluding hydrogens is 258 g/mol. The molecule has 0 radical (unpaired) electrons. The van der Waals surface area contributed by atoms with Crippen molar-refractivity contribution >= 4 is 11.6 Å². The van der Waals surface area contributed by atoms with Gasteiger partial charge in [-0.3, -0.25) is 4.90 Å². The first-order valence-electron chi connectivity index (χ1n) is 7.10. The highest BCUT2D eigenvalue weighted by molar-refractivity contribution is 6.20. The summed E-state index contributed by atoms with van der Waals surface area (Å²) < 4.78 is 5.59. The monoisotopic (exact) mass is 283 g/mol. The molecule has 2 nitrogen and oxygen atoms in total. The van der Waals surface area contributed by atoms with Gasteiger partial charge in [0, 0.05) is 19.7 Å². The molecule has 1 rings (SSSR count). The molecule has 19 heavy (non-hydrogen) atoms.